The first-order valence-electron chi connectivity index (χ1n) is 6.10. The van der Waals surface area contributed by atoms with Gasteiger partial charge in [-0.2, -0.15) is 0 Å². The Morgan fingerprint density at radius 2 is 2.11 bits per heavy atom. The Balaban J connectivity index is 1.94. The van der Waals surface area contributed by atoms with Crippen LogP contribution in [0.1, 0.15) is 36.0 Å². The van der Waals surface area contributed by atoms with Gasteiger partial charge < -0.3 is 15.8 Å². The van der Waals surface area contributed by atoms with E-state index in [-0.39, 0.29) is 18.1 Å². The van der Waals surface area contributed by atoms with Crippen LogP contribution in [0.2, 0.25) is 0 Å². The summed E-state index contributed by atoms with van der Waals surface area (Å²) in [5.41, 5.74) is 2.94. The molecular formula is C12H18N4O2. The number of pyridine rings is 1. The highest BCUT2D eigenvalue weighted by Crippen LogP contribution is 2.18. The molecule has 0 radical (unpaired) electrons. The minimum absolute atomic E-state index is 0.129. The molecule has 1 aliphatic carbocycles. The molecule has 6 heteroatoms. The molecule has 0 aromatic carbocycles. The van der Waals surface area contributed by atoms with E-state index in [0.29, 0.717) is 11.4 Å². The van der Waals surface area contributed by atoms with Gasteiger partial charge in [-0.15, -0.1) is 0 Å². The Labute approximate surface area is 106 Å². The van der Waals surface area contributed by atoms with Crippen LogP contribution in [-0.2, 0) is 0 Å². The van der Waals surface area contributed by atoms with Crippen LogP contribution in [0.4, 0.5) is 5.82 Å². The van der Waals surface area contributed by atoms with Gasteiger partial charge in [0.25, 0.3) is 5.91 Å². The monoisotopic (exact) mass is 250 g/mol. The SMILES string of the molecule is NNc1cc(C(=O)NC2CCC(O)CC2)ccn1. The van der Waals surface area contributed by atoms with Crippen LogP contribution in [-0.4, -0.2) is 28.1 Å². The number of nitrogens with one attached hydrogen (secondary N) is 2. The zero-order chi connectivity index (χ0) is 13.0. The smallest absolute Gasteiger partial charge is 0.251 e. The minimum Gasteiger partial charge on any atom is -0.393 e. The number of carbonyl (C=O) groups excluding carboxylic acids is 1. The van der Waals surface area contributed by atoms with E-state index >= 15 is 0 Å². The molecule has 1 aliphatic rings. The van der Waals surface area contributed by atoms with Crippen LogP contribution in [0.5, 0.6) is 0 Å². The summed E-state index contributed by atoms with van der Waals surface area (Å²) >= 11 is 0. The molecule has 6 nitrogen and oxygen atoms in total. The molecule has 98 valence electrons. The number of aliphatic hydroxyl groups is 1. The van der Waals surface area contributed by atoms with Gasteiger partial charge in [-0.1, -0.05) is 0 Å². The molecule has 0 atom stereocenters. The molecule has 0 spiro atoms. The molecule has 1 aromatic rings. The molecule has 5 N–H and O–H groups in total. The molecule has 0 bridgehead atoms. The van der Waals surface area contributed by atoms with Gasteiger partial charge in [0.05, 0.1) is 6.10 Å². The number of rotatable bonds is 3. The maximum absolute atomic E-state index is 12.0. The summed E-state index contributed by atoms with van der Waals surface area (Å²) in [6.07, 6.45) is 4.45. The number of aromatic nitrogens is 1. The topological polar surface area (TPSA) is 100 Å². The first-order chi connectivity index (χ1) is 8.69. The zero-order valence-corrected chi connectivity index (χ0v) is 10.1. The van der Waals surface area contributed by atoms with Crippen LogP contribution in [0, 0.1) is 0 Å². The molecule has 0 saturated heterocycles. The number of hydrogen-bond acceptors (Lipinski definition) is 5. The van der Waals surface area contributed by atoms with Gasteiger partial charge in [-0.05, 0) is 37.8 Å². The number of nitrogens with zero attached hydrogens (tertiary/aromatic N) is 1. The number of nitrogen functional groups attached to an aromatic ring is 1. The Morgan fingerprint density at radius 3 is 2.78 bits per heavy atom. The predicted molar refractivity (Wildman–Crippen MR) is 67.8 cm³/mol. The molecule has 0 aliphatic heterocycles. The Morgan fingerprint density at radius 1 is 1.39 bits per heavy atom. The third kappa shape index (κ3) is 3.18. The lowest BCUT2D eigenvalue weighted by atomic mass is 9.93. The number of carbonyl (C=O) groups is 1. The van der Waals surface area contributed by atoms with E-state index in [1.807, 2.05) is 0 Å². The maximum Gasteiger partial charge on any atom is 0.251 e. The van der Waals surface area contributed by atoms with Crippen molar-refractivity contribution in [3.05, 3.63) is 23.9 Å². The second-order valence-electron chi connectivity index (χ2n) is 4.55. The summed E-state index contributed by atoms with van der Waals surface area (Å²) in [6.45, 7) is 0. The van der Waals surface area contributed by atoms with E-state index in [1.54, 1.807) is 12.1 Å². The fourth-order valence-electron chi connectivity index (χ4n) is 2.14. The highest BCUT2D eigenvalue weighted by molar-refractivity contribution is 5.94. The van der Waals surface area contributed by atoms with Crippen molar-refractivity contribution in [2.45, 2.75) is 37.8 Å². The fraction of sp³-hybridized carbons (Fsp3) is 0.500. The van der Waals surface area contributed by atoms with Crippen LogP contribution in [0.15, 0.2) is 18.3 Å². The number of hydrazine groups is 1. The van der Waals surface area contributed by atoms with E-state index in [0.717, 1.165) is 25.7 Å². The largest absolute Gasteiger partial charge is 0.393 e. The standard InChI is InChI=1S/C12H18N4O2/c13-16-11-7-8(5-6-14-11)12(18)15-9-1-3-10(17)4-2-9/h5-7,9-10,17H,1-4,13H2,(H,14,16)(H,15,18). The quantitative estimate of drug-likeness (QED) is 0.459. The van der Waals surface area contributed by atoms with Crippen LogP contribution >= 0.6 is 0 Å². The molecular weight excluding hydrogens is 232 g/mol. The van der Waals surface area contributed by atoms with Crippen molar-refractivity contribution in [3.63, 3.8) is 0 Å². The Bertz CT molecular complexity index is 416. The second-order valence-corrected chi connectivity index (χ2v) is 4.55. The molecule has 1 aromatic heterocycles. The lowest BCUT2D eigenvalue weighted by Gasteiger charge is -2.26. The van der Waals surface area contributed by atoms with E-state index in [1.165, 1.54) is 6.20 Å². The van der Waals surface area contributed by atoms with Crippen molar-refractivity contribution in [3.8, 4) is 0 Å². The molecule has 0 unspecified atom stereocenters. The number of aliphatic hydroxyl groups excluding tert-OH is 1. The number of nitrogens with two attached hydrogens (primary N) is 1. The molecule has 1 saturated carbocycles. The first-order valence-corrected chi connectivity index (χ1v) is 6.10. The van der Waals surface area contributed by atoms with E-state index in [2.05, 4.69) is 15.7 Å². The summed E-state index contributed by atoms with van der Waals surface area (Å²) in [5.74, 6) is 5.58. The molecule has 18 heavy (non-hydrogen) atoms. The normalized spacial score (nSPS) is 23.4. The lowest BCUT2D eigenvalue weighted by Crippen LogP contribution is -2.38. The molecule has 1 fully saturated rings. The summed E-state index contributed by atoms with van der Waals surface area (Å²) in [5, 5.41) is 12.4. The van der Waals surface area contributed by atoms with Gasteiger partial charge in [-0.25, -0.2) is 10.8 Å². The maximum atomic E-state index is 12.0. The van der Waals surface area contributed by atoms with Crippen LogP contribution in [0.25, 0.3) is 0 Å². The fourth-order valence-corrected chi connectivity index (χ4v) is 2.14. The van der Waals surface area contributed by atoms with Crippen LogP contribution in [0.3, 0.4) is 0 Å². The van der Waals surface area contributed by atoms with Crippen molar-refractivity contribution < 1.29 is 9.90 Å². The third-order valence-corrected chi connectivity index (χ3v) is 3.20. The minimum atomic E-state index is -0.216. The summed E-state index contributed by atoms with van der Waals surface area (Å²) < 4.78 is 0. The lowest BCUT2D eigenvalue weighted by molar-refractivity contribution is 0.0867. The van der Waals surface area contributed by atoms with Crippen molar-refractivity contribution >= 4 is 11.7 Å². The highest BCUT2D eigenvalue weighted by atomic mass is 16.3. The van der Waals surface area contributed by atoms with Gasteiger partial charge in [0.2, 0.25) is 0 Å². The van der Waals surface area contributed by atoms with Gasteiger partial charge in [0.15, 0.2) is 0 Å². The number of amides is 1. The molecule has 1 heterocycles. The number of anilines is 1. The third-order valence-electron chi connectivity index (χ3n) is 3.20. The van der Waals surface area contributed by atoms with Gasteiger partial charge >= 0.3 is 0 Å². The van der Waals surface area contributed by atoms with Gasteiger partial charge in [-0.3, -0.25) is 4.79 Å². The average molecular weight is 250 g/mol. The Kier molecular flexibility index (Phi) is 4.11. The van der Waals surface area contributed by atoms with Crippen molar-refractivity contribution in [2.24, 2.45) is 5.84 Å². The molecule has 1 amide bonds. The Hall–Kier alpha value is -1.66. The van der Waals surface area contributed by atoms with E-state index in [9.17, 15) is 9.90 Å². The zero-order valence-electron chi connectivity index (χ0n) is 10.1. The van der Waals surface area contributed by atoms with E-state index < -0.39 is 0 Å². The van der Waals surface area contributed by atoms with Crippen molar-refractivity contribution in [1.29, 1.82) is 0 Å². The molecule has 2 rings (SSSR count). The average Bonchev–Trinajstić information content (AvgIpc) is 2.41. The number of hydrogen-bond donors (Lipinski definition) is 4. The van der Waals surface area contributed by atoms with Gasteiger partial charge in [0, 0.05) is 17.8 Å². The van der Waals surface area contributed by atoms with Gasteiger partial charge in [0.1, 0.15) is 5.82 Å². The van der Waals surface area contributed by atoms with Crippen LogP contribution < -0.4 is 16.6 Å². The van der Waals surface area contributed by atoms with E-state index in [4.69, 9.17) is 5.84 Å². The van der Waals surface area contributed by atoms with Crippen molar-refractivity contribution in [1.82, 2.24) is 10.3 Å². The summed E-state index contributed by atoms with van der Waals surface area (Å²) in [4.78, 5) is 15.9. The highest BCUT2D eigenvalue weighted by Gasteiger charge is 2.21. The summed E-state index contributed by atoms with van der Waals surface area (Å²) in [7, 11) is 0. The first kappa shape index (κ1) is 12.8. The summed E-state index contributed by atoms with van der Waals surface area (Å²) in [6, 6.07) is 3.39. The second kappa shape index (κ2) is 5.79. The predicted octanol–water partition coefficient (Wildman–Crippen LogP) is 0.400. The van der Waals surface area contributed by atoms with Crippen molar-refractivity contribution in [2.75, 3.05) is 5.43 Å².